The van der Waals surface area contributed by atoms with E-state index in [1.54, 1.807) is 30.3 Å². The van der Waals surface area contributed by atoms with Crippen LogP contribution in [0.3, 0.4) is 0 Å². The molecule has 1 rings (SSSR count). The van der Waals surface area contributed by atoms with Crippen LogP contribution in [0.25, 0.3) is 0 Å². The van der Waals surface area contributed by atoms with Crippen molar-refractivity contribution in [2.75, 3.05) is 6.54 Å². The van der Waals surface area contributed by atoms with E-state index < -0.39 is 6.04 Å². The van der Waals surface area contributed by atoms with Crippen molar-refractivity contribution in [1.29, 1.82) is 0 Å². The number of carbonyl (C=O) groups is 2. The monoisotopic (exact) mass is 308 g/mol. The van der Waals surface area contributed by atoms with E-state index in [9.17, 15) is 9.59 Å². The van der Waals surface area contributed by atoms with E-state index >= 15 is 0 Å². The van der Waals surface area contributed by atoms with Crippen molar-refractivity contribution < 1.29 is 9.59 Å². The minimum absolute atomic E-state index is 0.203. The topological polar surface area (TPSA) is 58.2 Å². The number of nitrogens with one attached hydrogen (secondary N) is 2. The Hall–Kier alpha value is -1.81. The van der Waals surface area contributed by atoms with Gasteiger partial charge in [0, 0.05) is 17.1 Å². The molecule has 0 aliphatic rings. The van der Waals surface area contributed by atoms with Crippen molar-refractivity contribution >= 4 is 23.4 Å². The minimum atomic E-state index is -0.562. The van der Waals surface area contributed by atoms with E-state index in [0.717, 1.165) is 0 Å². The molecule has 114 valence electrons. The molecule has 0 saturated heterocycles. The van der Waals surface area contributed by atoms with Crippen LogP contribution < -0.4 is 10.6 Å². The summed E-state index contributed by atoms with van der Waals surface area (Å²) in [5, 5.41) is 6.04. The quantitative estimate of drug-likeness (QED) is 0.761. The van der Waals surface area contributed by atoms with Gasteiger partial charge < -0.3 is 10.6 Å². The summed E-state index contributed by atoms with van der Waals surface area (Å²) in [6.45, 7) is 7.94. The third-order valence-corrected chi connectivity index (χ3v) is 3.11. The van der Waals surface area contributed by atoms with Crippen LogP contribution in [0.5, 0.6) is 0 Å². The highest BCUT2D eigenvalue weighted by Gasteiger charge is 2.21. The van der Waals surface area contributed by atoms with Crippen LogP contribution in [0.1, 0.15) is 30.6 Å². The summed E-state index contributed by atoms with van der Waals surface area (Å²) in [5.41, 5.74) is 0.477. The van der Waals surface area contributed by atoms with Crippen LogP contribution in [-0.2, 0) is 4.79 Å². The largest absolute Gasteiger partial charge is 0.351 e. The molecular weight excluding hydrogens is 288 g/mol. The maximum Gasteiger partial charge on any atom is 0.251 e. The average molecular weight is 309 g/mol. The van der Waals surface area contributed by atoms with E-state index in [0.29, 0.717) is 23.6 Å². The van der Waals surface area contributed by atoms with Gasteiger partial charge >= 0.3 is 0 Å². The Morgan fingerprint density at radius 2 is 1.90 bits per heavy atom. The molecule has 1 atom stereocenters. The second-order valence-corrected chi connectivity index (χ2v) is 5.63. The van der Waals surface area contributed by atoms with Crippen molar-refractivity contribution in [3.8, 4) is 0 Å². The van der Waals surface area contributed by atoms with Crippen molar-refractivity contribution in [2.45, 2.75) is 26.3 Å². The van der Waals surface area contributed by atoms with Gasteiger partial charge in [-0.15, -0.1) is 6.58 Å². The Morgan fingerprint density at radius 1 is 1.29 bits per heavy atom. The zero-order chi connectivity index (χ0) is 15.8. The molecule has 4 nitrogen and oxygen atoms in total. The highest BCUT2D eigenvalue weighted by Crippen LogP contribution is 2.11. The molecule has 0 radical (unpaired) electrons. The lowest BCUT2D eigenvalue weighted by molar-refractivity contribution is -0.123. The second-order valence-electron chi connectivity index (χ2n) is 5.20. The summed E-state index contributed by atoms with van der Waals surface area (Å²) >= 11 is 5.79. The van der Waals surface area contributed by atoms with Crippen LogP contribution in [0.4, 0.5) is 0 Å². The summed E-state index contributed by atoms with van der Waals surface area (Å²) in [4.78, 5) is 24.2. The van der Waals surface area contributed by atoms with Crippen molar-refractivity contribution in [2.24, 2.45) is 5.92 Å². The number of carbonyl (C=O) groups excluding carboxylic acids is 2. The van der Waals surface area contributed by atoms with Gasteiger partial charge in [-0.3, -0.25) is 9.59 Å². The van der Waals surface area contributed by atoms with Crippen LogP contribution in [0.2, 0.25) is 5.02 Å². The van der Waals surface area contributed by atoms with Gasteiger partial charge in [0.15, 0.2) is 0 Å². The number of hydrogen-bond donors (Lipinski definition) is 2. The molecule has 0 heterocycles. The van der Waals surface area contributed by atoms with Crippen LogP contribution in [-0.4, -0.2) is 24.4 Å². The van der Waals surface area contributed by atoms with E-state index in [1.165, 1.54) is 0 Å². The van der Waals surface area contributed by atoms with E-state index in [-0.39, 0.29) is 17.7 Å². The highest BCUT2D eigenvalue weighted by atomic mass is 35.5. The Morgan fingerprint density at radius 3 is 2.43 bits per heavy atom. The number of benzene rings is 1. The molecule has 0 aliphatic carbocycles. The third-order valence-electron chi connectivity index (χ3n) is 2.86. The van der Waals surface area contributed by atoms with Crippen LogP contribution in [0, 0.1) is 5.92 Å². The Labute approximate surface area is 130 Å². The van der Waals surface area contributed by atoms with E-state index in [2.05, 4.69) is 17.2 Å². The summed E-state index contributed by atoms with van der Waals surface area (Å²) in [6, 6.07) is 5.99. The van der Waals surface area contributed by atoms with Gasteiger partial charge in [-0.05, 0) is 36.6 Å². The molecule has 0 fully saturated rings. The Kier molecular flexibility index (Phi) is 6.96. The third kappa shape index (κ3) is 6.00. The molecule has 0 aromatic heterocycles. The van der Waals surface area contributed by atoms with E-state index in [4.69, 9.17) is 11.6 Å². The van der Waals surface area contributed by atoms with Crippen LogP contribution >= 0.6 is 11.6 Å². The van der Waals surface area contributed by atoms with E-state index in [1.807, 2.05) is 13.8 Å². The predicted octanol–water partition coefficient (Wildman–Crippen LogP) is 2.79. The molecule has 0 saturated carbocycles. The van der Waals surface area contributed by atoms with Gasteiger partial charge in [0.05, 0.1) is 0 Å². The molecule has 21 heavy (non-hydrogen) atoms. The second kappa shape index (κ2) is 8.47. The molecule has 0 aliphatic heterocycles. The summed E-state index contributed by atoms with van der Waals surface area (Å²) in [6.07, 6.45) is 2.17. The predicted molar refractivity (Wildman–Crippen MR) is 85.4 cm³/mol. The van der Waals surface area contributed by atoms with Crippen LogP contribution in [0.15, 0.2) is 36.9 Å². The fourth-order valence-electron chi connectivity index (χ4n) is 1.84. The maximum absolute atomic E-state index is 12.2. The first-order chi connectivity index (χ1) is 9.93. The molecule has 1 aromatic rings. The van der Waals surface area contributed by atoms with Gasteiger partial charge in [-0.1, -0.05) is 31.5 Å². The molecule has 0 spiro atoms. The fraction of sp³-hybridized carbons (Fsp3) is 0.375. The Balaban J connectivity index is 2.75. The SMILES string of the molecule is C=CCNC(=O)[C@@H](CC(C)C)NC(=O)c1ccc(Cl)cc1. The minimum Gasteiger partial charge on any atom is -0.351 e. The molecule has 5 heteroatoms. The fourth-order valence-corrected chi connectivity index (χ4v) is 1.97. The molecule has 1 aromatic carbocycles. The summed E-state index contributed by atoms with van der Waals surface area (Å²) in [7, 11) is 0. The normalized spacial score (nSPS) is 11.8. The average Bonchev–Trinajstić information content (AvgIpc) is 2.44. The molecule has 0 unspecified atom stereocenters. The maximum atomic E-state index is 12.2. The van der Waals surface area contributed by atoms with Crippen molar-refractivity contribution in [3.05, 3.63) is 47.5 Å². The van der Waals surface area contributed by atoms with Crippen molar-refractivity contribution in [1.82, 2.24) is 10.6 Å². The lowest BCUT2D eigenvalue weighted by atomic mass is 10.0. The zero-order valence-corrected chi connectivity index (χ0v) is 13.1. The standard InChI is InChI=1S/C16H21ClN2O2/c1-4-9-18-16(21)14(10-11(2)3)19-15(20)12-5-7-13(17)8-6-12/h4-8,11,14H,1,9-10H2,2-3H3,(H,18,21)(H,19,20)/t14-/m1/s1. The molecule has 0 bridgehead atoms. The summed E-state index contributed by atoms with van der Waals surface area (Å²) in [5.74, 6) is -0.202. The van der Waals surface area contributed by atoms with Gasteiger partial charge in [-0.25, -0.2) is 0 Å². The first-order valence-electron chi connectivity index (χ1n) is 6.89. The highest BCUT2D eigenvalue weighted by molar-refractivity contribution is 6.30. The Bertz CT molecular complexity index is 498. The lowest BCUT2D eigenvalue weighted by Gasteiger charge is -2.20. The first kappa shape index (κ1) is 17.2. The number of halogens is 1. The molecule has 2 amide bonds. The lowest BCUT2D eigenvalue weighted by Crippen LogP contribution is -2.47. The van der Waals surface area contributed by atoms with Gasteiger partial charge in [0.2, 0.25) is 5.91 Å². The molecule has 2 N–H and O–H groups in total. The smallest absolute Gasteiger partial charge is 0.251 e. The van der Waals surface area contributed by atoms with Gasteiger partial charge in [0.1, 0.15) is 6.04 Å². The van der Waals surface area contributed by atoms with Gasteiger partial charge in [-0.2, -0.15) is 0 Å². The van der Waals surface area contributed by atoms with Crippen molar-refractivity contribution in [3.63, 3.8) is 0 Å². The molecular formula is C16H21ClN2O2. The first-order valence-corrected chi connectivity index (χ1v) is 7.27. The zero-order valence-electron chi connectivity index (χ0n) is 12.4. The number of rotatable bonds is 7. The summed E-state index contributed by atoms with van der Waals surface area (Å²) < 4.78 is 0. The van der Waals surface area contributed by atoms with Gasteiger partial charge in [0.25, 0.3) is 5.91 Å². The number of amides is 2. The number of hydrogen-bond acceptors (Lipinski definition) is 2.